The molecule has 2 aromatic carbocycles. The molecule has 9 heteroatoms. The van der Waals surface area contributed by atoms with E-state index >= 15 is 0 Å². The molecule has 3 aromatic rings. The van der Waals surface area contributed by atoms with Crippen molar-refractivity contribution in [3.8, 4) is 11.3 Å². The van der Waals surface area contributed by atoms with Crippen LogP contribution in [-0.2, 0) is 11.3 Å². The van der Waals surface area contributed by atoms with Gasteiger partial charge in [0.1, 0.15) is 0 Å². The molecule has 0 atom stereocenters. The van der Waals surface area contributed by atoms with E-state index in [1.807, 2.05) is 24.3 Å². The second kappa shape index (κ2) is 9.24. The number of non-ortho nitro benzene ring substituents is 1. The van der Waals surface area contributed by atoms with Crippen molar-refractivity contribution in [3.63, 3.8) is 0 Å². The molecule has 0 aliphatic rings. The summed E-state index contributed by atoms with van der Waals surface area (Å²) < 4.78 is 2.30. The topological polar surface area (TPSA) is 107 Å². The lowest BCUT2D eigenvalue weighted by atomic mass is 10.1. The number of nitro benzene ring substituents is 1. The van der Waals surface area contributed by atoms with Crippen LogP contribution in [0.5, 0.6) is 0 Å². The summed E-state index contributed by atoms with van der Waals surface area (Å²) in [5, 5.41) is 17.7. The molecule has 1 N–H and O–H groups in total. The zero-order valence-electron chi connectivity index (χ0n) is 15.2. The van der Waals surface area contributed by atoms with Gasteiger partial charge in [0.2, 0.25) is 5.91 Å². The summed E-state index contributed by atoms with van der Waals surface area (Å²) in [5.41, 5.74) is 1.76. The number of halogens is 1. The molecule has 3 rings (SSSR count). The van der Waals surface area contributed by atoms with Crippen molar-refractivity contribution in [2.45, 2.75) is 19.4 Å². The van der Waals surface area contributed by atoms with Crippen LogP contribution in [-0.4, -0.2) is 20.6 Å². The Morgan fingerprint density at radius 2 is 1.76 bits per heavy atom. The number of hydrogen-bond donors (Lipinski definition) is 1. The number of carbonyl (C=O) groups excluding carboxylic acids is 1. The highest BCUT2D eigenvalue weighted by molar-refractivity contribution is 9.10. The Morgan fingerprint density at radius 3 is 2.41 bits per heavy atom. The maximum Gasteiger partial charge on any atom is 0.269 e. The molecule has 1 amide bonds. The Bertz CT molecular complexity index is 1080. The third-order valence-corrected chi connectivity index (χ3v) is 4.67. The molecule has 148 valence electrons. The van der Waals surface area contributed by atoms with E-state index < -0.39 is 4.92 Å². The van der Waals surface area contributed by atoms with Crippen molar-refractivity contribution >= 4 is 33.2 Å². The largest absolute Gasteiger partial charge is 0.326 e. The fourth-order valence-corrected chi connectivity index (χ4v) is 2.93. The SMILES string of the molecule is O=C(CCCn1nc(-c2ccc(Br)cc2)ccc1=O)Nc1ccc([N+](=O)[O-])cc1. The molecule has 0 saturated carbocycles. The Labute approximate surface area is 174 Å². The Hall–Kier alpha value is -3.33. The van der Waals surface area contributed by atoms with Gasteiger partial charge in [-0.15, -0.1) is 0 Å². The van der Waals surface area contributed by atoms with Gasteiger partial charge in [-0.1, -0.05) is 28.1 Å². The Balaban J connectivity index is 1.57. The van der Waals surface area contributed by atoms with E-state index in [9.17, 15) is 19.7 Å². The van der Waals surface area contributed by atoms with E-state index in [-0.39, 0.29) is 23.6 Å². The lowest BCUT2D eigenvalue weighted by Gasteiger charge is -2.08. The molecule has 0 radical (unpaired) electrons. The first kappa shape index (κ1) is 20.4. The minimum absolute atomic E-state index is 0.0425. The zero-order valence-corrected chi connectivity index (χ0v) is 16.8. The fraction of sp³-hybridized carbons (Fsp3) is 0.150. The van der Waals surface area contributed by atoms with Gasteiger partial charge in [-0.3, -0.25) is 19.7 Å². The van der Waals surface area contributed by atoms with Crippen LogP contribution in [0.3, 0.4) is 0 Å². The number of carbonyl (C=O) groups is 1. The highest BCUT2D eigenvalue weighted by Crippen LogP contribution is 2.19. The average Bonchev–Trinajstić information content (AvgIpc) is 2.70. The van der Waals surface area contributed by atoms with Gasteiger partial charge in [0, 0.05) is 46.9 Å². The van der Waals surface area contributed by atoms with Crippen LogP contribution in [0.25, 0.3) is 11.3 Å². The summed E-state index contributed by atoms with van der Waals surface area (Å²) >= 11 is 3.38. The number of nitrogens with zero attached hydrogens (tertiary/aromatic N) is 3. The number of nitro groups is 1. The average molecular weight is 457 g/mol. The van der Waals surface area contributed by atoms with Gasteiger partial charge >= 0.3 is 0 Å². The van der Waals surface area contributed by atoms with Crippen LogP contribution in [0, 0.1) is 10.1 Å². The van der Waals surface area contributed by atoms with Crippen molar-refractivity contribution < 1.29 is 9.72 Å². The number of amides is 1. The number of aromatic nitrogens is 2. The standard InChI is InChI=1S/C20H17BrN4O4/c21-15-5-3-14(4-6-15)18-11-12-20(27)24(23-18)13-1-2-19(26)22-16-7-9-17(10-8-16)25(28)29/h3-12H,1-2,13H2,(H,22,26). The molecule has 0 bridgehead atoms. The third kappa shape index (κ3) is 5.58. The molecule has 1 heterocycles. The quantitative estimate of drug-likeness (QED) is 0.426. The Morgan fingerprint density at radius 1 is 1.07 bits per heavy atom. The highest BCUT2D eigenvalue weighted by Gasteiger charge is 2.08. The lowest BCUT2D eigenvalue weighted by Crippen LogP contribution is -2.23. The zero-order chi connectivity index (χ0) is 20.8. The molecule has 0 fully saturated rings. The van der Waals surface area contributed by atoms with Crippen molar-refractivity contribution in [2.75, 3.05) is 5.32 Å². The summed E-state index contributed by atoms with van der Waals surface area (Å²) in [7, 11) is 0. The summed E-state index contributed by atoms with van der Waals surface area (Å²) in [6.45, 7) is 0.302. The van der Waals surface area contributed by atoms with E-state index in [2.05, 4.69) is 26.3 Å². The maximum atomic E-state index is 12.1. The van der Waals surface area contributed by atoms with E-state index in [1.165, 1.54) is 35.0 Å². The number of rotatable bonds is 7. The number of hydrogen-bond acceptors (Lipinski definition) is 5. The number of nitrogens with one attached hydrogen (secondary N) is 1. The van der Waals surface area contributed by atoms with Crippen LogP contribution >= 0.6 is 15.9 Å². The number of benzene rings is 2. The summed E-state index contributed by atoms with van der Waals surface area (Å²) in [4.78, 5) is 34.3. The second-order valence-electron chi connectivity index (χ2n) is 6.24. The normalized spacial score (nSPS) is 10.5. The van der Waals surface area contributed by atoms with Gasteiger partial charge in [0.15, 0.2) is 0 Å². The van der Waals surface area contributed by atoms with Crippen LogP contribution in [0.1, 0.15) is 12.8 Å². The van der Waals surface area contributed by atoms with Crippen molar-refractivity contribution in [2.24, 2.45) is 0 Å². The first-order chi connectivity index (χ1) is 13.9. The highest BCUT2D eigenvalue weighted by atomic mass is 79.9. The molecule has 29 heavy (non-hydrogen) atoms. The van der Waals surface area contributed by atoms with Crippen molar-refractivity contribution in [1.82, 2.24) is 9.78 Å². The Kier molecular flexibility index (Phi) is 6.50. The summed E-state index contributed by atoms with van der Waals surface area (Å²) in [6.07, 6.45) is 0.614. The van der Waals surface area contributed by atoms with Gasteiger partial charge in [0.25, 0.3) is 11.2 Å². The summed E-state index contributed by atoms with van der Waals surface area (Å²) in [5.74, 6) is -0.240. The van der Waals surface area contributed by atoms with E-state index in [0.29, 0.717) is 24.3 Å². The van der Waals surface area contributed by atoms with Gasteiger partial charge in [-0.2, -0.15) is 5.10 Å². The molecule has 0 aliphatic carbocycles. The molecule has 1 aromatic heterocycles. The molecule has 0 saturated heterocycles. The first-order valence-electron chi connectivity index (χ1n) is 8.81. The van der Waals surface area contributed by atoms with Crippen molar-refractivity contribution in [1.29, 1.82) is 0 Å². The predicted molar refractivity (Wildman–Crippen MR) is 113 cm³/mol. The maximum absolute atomic E-state index is 12.1. The monoisotopic (exact) mass is 456 g/mol. The summed E-state index contributed by atoms with van der Waals surface area (Å²) in [6, 6.07) is 16.3. The van der Waals surface area contributed by atoms with Crippen LogP contribution in [0.2, 0.25) is 0 Å². The first-order valence-corrected chi connectivity index (χ1v) is 9.60. The molecular formula is C20H17BrN4O4. The van der Waals surface area contributed by atoms with Gasteiger partial charge in [0.05, 0.1) is 10.6 Å². The second-order valence-corrected chi connectivity index (χ2v) is 7.16. The fourth-order valence-electron chi connectivity index (χ4n) is 2.66. The molecular weight excluding hydrogens is 440 g/mol. The minimum Gasteiger partial charge on any atom is -0.326 e. The van der Waals surface area contributed by atoms with Gasteiger partial charge in [-0.05, 0) is 36.8 Å². The minimum atomic E-state index is -0.501. The smallest absolute Gasteiger partial charge is 0.269 e. The third-order valence-electron chi connectivity index (χ3n) is 4.14. The van der Waals surface area contributed by atoms with E-state index in [1.54, 1.807) is 6.07 Å². The van der Waals surface area contributed by atoms with Crippen LogP contribution in [0.4, 0.5) is 11.4 Å². The van der Waals surface area contributed by atoms with E-state index in [0.717, 1.165) is 10.0 Å². The van der Waals surface area contributed by atoms with Gasteiger partial charge < -0.3 is 5.32 Å². The van der Waals surface area contributed by atoms with Crippen LogP contribution in [0.15, 0.2) is 69.9 Å². The number of anilines is 1. The molecule has 0 spiro atoms. The lowest BCUT2D eigenvalue weighted by molar-refractivity contribution is -0.384. The van der Waals surface area contributed by atoms with Crippen LogP contribution < -0.4 is 10.9 Å². The molecule has 8 nitrogen and oxygen atoms in total. The predicted octanol–water partition coefficient (Wildman–Crippen LogP) is 4.00. The van der Waals surface area contributed by atoms with E-state index in [4.69, 9.17) is 0 Å². The van der Waals surface area contributed by atoms with Gasteiger partial charge in [-0.25, -0.2) is 4.68 Å². The van der Waals surface area contributed by atoms with Crippen molar-refractivity contribution in [3.05, 3.63) is 85.6 Å². The number of aryl methyl sites for hydroxylation is 1. The molecule has 0 aliphatic heterocycles. The molecule has 0 unspecified atom stereocenters.